The van der Waals surface area contributed by atoms with Crippen molar-refractivity contribution in [2.45, 2.75) is 38.7 Å². The van der Waals surface area contributed by atoms with E-state index < -0.39 is 0 Å². The molecule has 0 saturated heterocycles. The van der Waals surface area contributed by atoms with Gasteiger partial charge in [-0.25, -0.2) is 0 Å². The van der Waals surface area contributed by atoms with Gasteiger partial charge in [-0.2, -0.15) is 0 Å². The second-order valence-corrected chi connectivity index (χ2v) is 7.41. The molecule has 0 aliphatic heterocycles. The molecule has 0 bridgehead atoms. The summed E-state index contributed by atoms with van der Waals surface area (Å²) in [6.45, 7) is 5.60. The average Bonchev–Trinajstić information content (AvgIpc) is 2.75. The van der Waals surface area contributed by atoms with Gasteiger partial charge in [-0.15, -0.1) is 6.58 Å². The van der Waals surface area contributed by atoms with Crippen LogP contribution < -0.4 is 0 Å². The summed E-state index contributed by atoms with van der Waals surface area (Å²) >= 11 is 0. The van der Waals surface area contributed by atoms with Crippen LogP contribution in [-0.4, -0.2) is 16.2 Å². The second-order valence-electron chi connectivity index (χ2n) is 7.41. The summed E-state index contributed by atoms with van der Waals surface area (Å²) in [6.07, 6.45) is 11.6. The van der Waals surface area contributed by atoms with Crippen LogP contribution in [0.4, 0.5) is 0 Å². The van der Waals surface area contributed by atoms with Gasteiger partial charge in [0.25, 0.3) is 0 Å². The summed E-state index contributed by atoms with van der Waals surface area (Å²) < 4.78 is 0. The van der Waals surface area contributed by atoms with Crippen molar-refractivity contribution in [1.29, 1.82) is 0 Å². The molecule has 3 aromatic rings. The molecule has 0 radical (unpaired) electrons. The average molecular weight is 384 g/mol. The Morgan fingerprint density at radius 3 is 2.03 bits per heavy atom. The number of pyridine rings is 1. The number of unbranched alkanes of at least 4 members (excludes halogenated alkanes) is 1. The zero-order valence-electron chi connectivity index (χ0n) is 17.1. The normalized spacial score (nSPS) is 12.2. The lowest BCUT2D eigenvalue weighted by Gasteiger charge is -2.06. The van der Waals surface area contributed by atoms with Gasteiger partial charge in [0.15, 0.2) is 0 Å². The molecule has 0 spiro atoms. The number of hydrogen-bond donors (Lipinski definition) is 1. The molecule has 148 valence electrons. The van der Waals surface area contributed by atoms with Gasteiger partial charge in [0.05, 0.1) is 6.10 Å². The Morgan fingerprint density at radius 1 is 0.897 bits per heavy atom. The van der Waals surface area contributed by atoms with Crippen molar-refractivity contribution in [2.75, 3.05) is 0 Å². The Bertz CT molecular complexity index is 920. The largest absolute Gasteiger partial charge is 0.393 e. The van der Waals surface area contributed by atoms with Crippen molar-refractivity contribution in [3.8, 4) is 22.3 Å². The molecular weight excluding hydrogens is 354 g/mol. The van der Waals surface area contributed by atoms with Crippen molar-refractivity contribution in [1.82, 2.24) is 4.98 Å². The zero-order chi connectivity index (χ0) is 20.5. The summed E-state index contributed by atoms with van der Waals surface area (Å²) in [5, 5.41) is 9.29. The highest BCUT2D eigenvalue weighted by Gasteiger charge is 2.02. The fourth-order valence-corrected chi connectivity index (χ4v) is 3.26. The van der Waals surface area contributed by atoms with Gasteiger partial charge in [0.2, 0.25) is 0 Å². The second kappa shape index (κ2) is 10.5. The molecule has 1 atom stereocenters. The van der Waals surface area contributed by atoms with E-state index in [1.165, 1.54) is 22.3 Å². The summed E-state index contributed by atoms with van der Waals surface area (Å²) in [5.74, 6) is 0. The zero-order valence-corrected chi connectivity index (χ0v) is 17.1. The van der Waals surface area contributed by atoms with Gasteiger partial charge in [-0.3, -0.25) is 4.98 Å². The molecule has 1 aromatic heterocycles. The minimum absolute atomic E-state index is 0.207. The summed E-state index contributed by atoms with van der Waals surface area (Å²) in [5.41, 5.74) is 6.95. The molecule has 0 aliphatic carbocycles. The van der Waals surface area contributed by atoms with E-state index in [1.807, 2.05) is 19.2 Å². The number of hydrogen-bond acceptors (Lipinski definition) is 2. The monoisotopic (exact) mass is 383 g/mol. The minimum Gasteiger partial charge on any atom is -0.393 e. The Hall–Kier alpha value is -2.97. The fourth-order valence-electron chi connectivity index (χ4n) is 3.26. The lowest BCUT2D eigenvalue weighted by Crippen LogP contribution is -1.97. The Kier molecular flexibility index (Phi) is 7.54. The van der Waals surface area contributed by atoms with Gasteiger partial charge in [0.1, 0.15) is 0 Å². The van der Waals surface area contributed by atoms with Gasteiger partial charge in [0, 0.05) is 23.9 Å². The number of aromatic nitrogens is 1. The number of allylic oxidation sites excluding steroid dienone is 2. The number of rotatable bonds is 9. The van der Waals surface area contributed by atoms with Gasteiger partial charge in [-0.05, 0) is 54.5 Å². The SMILES string of the molecule is C=CCc1ccc(-c2ccc(-c3ccc(C=CCCCC(C)O)cc3)cc2)cn1. The van der Waals surface area contributed by atoms with Crippen LogP contribution in [-0.2, 0) is 6.42 Å². The third kappa shape index (κ3) is 6.27. The van der Waals surface area contributed by atoms with Crippen LogP contribution in [0.15, 0.2) is 85.6 Å². The first-order valence-electron chi connectivity index (χ1n) is 10.3. The van der Waals surface area contributed by atoms with E-state index in [1.54, 1.807) is 0 Å². The molecule has 0 amide bonds. The molecule has 1 heterocycles. The standard InChI is InChI=1S/C27H29NO/c1-3-7-27-19-18-26(20-28-27)25-16-14-24(15-17-25)23-12-10-22(11-13-23)9-6-4-5-8-21(2)29/h3,6,9-21,29H,1,4-5,7-8H2,2H3. The predicted octanol–water partition coefficient (Wildman–Crippen LogP) is 6.71. The Labute approximate surface area is 174 Å². The highest BCUT2D eigenvalue weighted by atomic mass is 16.3. The first-order valence-corrected chi connectivity index (χ1v) is 10.3. The lowest BCUT2D eigenvalue weighted by atomic mass is 10.00. The van der Waals surface area contributed by atoms with E-state index in [4.69, 9.17) is 0 Å². The molecular formula is C27H29NO. The van der Waals surface area contributed by atoms with Gasteiger partial charge in [-0.1, -0.05) is 72.8 Å². The van der Waals surface area contributed by atoms with E-state index in [9.17, 15) is 5.11 Å². The third-order valence-electron chi connectivity index (χ3n) is 4.94. The van der Waals surface area contributed by atoms with Crippen molar-refractivity contribution < 1.29 is 5.11 Å². The molecule has 2 heteroatoms. The van der Waals surface area contributed by atoms with Gasteiger partial charge >= 0.3 is 0 Å². The molecule has 2 aromatic carbocycles. The van der Waals surface area contributed by atoms with E-state index in [-0.39, 0.29) is 6.10 Å². The maximum Gasteiger partial charge on any atom is 0.0512 e. The number of aliphatic hydroxyl groups is 1. The summed E-state index contributed by atoms with van der Waals surface area (Å²) in [4.78, 5) is 4.49. The van der Waals surface area contributed by atoms with Crippen LogP contribution in [0.25, 0.3) is 28.3 Å². The molecule has 0 saturated carbocycles. The fraction of sp³-hybridized carbons (Fsp3) is 0.222. The molecule has 3 rings (SSSR count). The van der Waals surface area contributed by atoms with Gasteiger partial charge < -0.3 is 5.11 Å². The third-order valence-corrected chi connectivity index (χ3v) is 4.94. The number of aliphatic hydroxyl groups excluding tert-OH is 1. The van der Waals surface area contributed by atoms with Crippen LogP contribution in [0, 0.1) is 0 Å². The van der Waals surface area contributed by atoms with Crippen molar-refractivity contribution in [3.63, 3.8) is 0 Å². The smallest absolute Gasteiger partial charge is 0.0512 e. The maximum absolute atomic E-state index is 9.29. The molecule has 0 aliphatic rings. The lowest BCUT2D eigenvalue weighted by molar-refractivity contribution is 0.182. The summed E-state index contributed by atoms with van der Waals surface area (Å²) in [6, 6.07) is 21.4. The first kappa shape index (κ1) is 20.8. The predicted molar refractivity (Wildman–Crippen MR) is 124 cm³/mol. The molecule has 1 unspecified atom stereocenters. The van der Waals surface area contributed by atoms with Crippen LogP contribution in [0.3, 0.4) is 0 Å². The van der Waals surface area contributed by atoms with Crippen LogP contribution >= 0.6 is 0 Å². The van der Waals surface area contributed by atoms with E-state index in [0.717, 1.165) is 36.9 Å². The first-order chi connectivity index (χ1) is 14.2. The molecule has 1 N–H and O–H groups in total. The molecule has 2 nitrogen and oxygen atoms in total. The Morgan fingerprint density at radius 2 is 1.48 bits per heavy atom. The van der Waals surface area contributed by atoms with Crippen LogP contribution in [0.2, 0.25) is 0 Å². The van der Waals surface area contributed by atoms with Crippen LogP contribution in [0.5, 0.6) is 0 Å². The van der Waals surface area contributed by atoms with E-state index in [2.05, 4.69) is 84.4 Å². The molecule has 0 fully saturated rings. The highest BCUT2D eigenvalue weighted by molar-refractivity contribution is 5.71. The summed E-state index contributed by atoms with van der Waals surface area (Å²) in [7, 11) is 0. The van der Waals surface area contributed by atoms with E-state index >= 15 is 0 Å². The molecule has 29 heavy (non-hydrogen) atoms. The van der Waals surface area contributed by atoms with E-state index in [0.29, 0.717) is 0 Å². The minimum atomic E-state index is -0.207. The quantitative estimate of drug-likeness (QED) is 0.329. The van der Waals surface area contributed by atoms with Crippen molar-refractivity contribution >= 4 is 6.08 Å². The number of benzene rings is 2. The van der Waals surface area contributed by atoms with Crippen LogP contribution in [0.1, 0.15) is 37.4 Å². The van der Waals surface area contributed by atoms with Crippen molar-refractivity contribution in [2.24, 2.45) is 0 Å². The topological polar surface area (TPSA) is 33.1 Å². The number of nitrogens with zero attached hydrogens (tertiary/aromatic N) is 1. The Balaban J connectivity index is 1.62. The highest BCUT2D eigenvalue weighted by Crippen LogP contribution is 2.25. The van der Waals surface area contributed by atoms with Crippen molar-refractivity contribution in [3.05, 3.63) is 96.8 Å². The maximum atomic E-state index is 9.29.